The number of aryl methyl sites for hydroxylation is 2. The van der Waals surface area contributed by atoms with Gasteiger partial charge in [-0.05, 0) is 57.0 Å². The number of nitrogens with zero attached hydrogens (tertiary/aromatic N) is 1. The molecule has 0 bridgehead atoms. The summed E-state index contributed by atoms with van der Waals surface area (Å²) in [6, 6.07) is 12.8. The van der Waals surface area contributed by atoms with Crippen LogP contribution in [0.3, 0.4) is 0 Å². The number of nitrogens with one attached hydrogen (secondary N) is 1. The Kier molecular flexibility index (Phi) is 7.87. The summed E-state index contributed by atoms with van der Waals surface area (Å²) in [6.45, 7) is 8.95. The lowest BCUT2D eigenvalue weighted by atomic mass is 10.1. The minimum absolute atomic E-state index is 0.0329. The van der Waals surface area contributed by atoms with Gasteiger partial charge in [0.1, 0.15) is 11.5 Å². The van der Waals surface area contributed by atoms with Crippen molar-refractivity contribution in [3.8, 4) is 11.5 Å². The van der Waals surface area contributed by atoms with Crippen molar-refractivity contribution in [2.75, 3.05) is 31.6 Å². The molecule has 0 aliphatic heterocycles. The Morgan fingerprint density at radius 2 is 1.71 bits per heavy atom. The van der Waals surface area contributed by atoms with Gasteiger partial charge in [0.2, 0.25) is 0 Å². The van der Waals surface area contributed by atoms with E-state index in [9.17, 15) is 9.59 Å². The summed E-state index contributed by atoms with van der Waals surface area (Å²) >= 11 is 0. The Bertz CT molecular complexity index is 816. The molecule has 0 atom stereocenters. The molecule has 0 saturated carbocycles. The van der Waals surface area contributed by atoms with Gasteiger partial charge in [-0.2, -0.15) is 0 Å². The number of rotatable bonds is 9. The van der Waals surface area contributed by atoms with Gasteiger partial charge in [0, 0.05) is 24.8 Å². The van der Waals surface area contributed by atoms with E-state index in [1.807, 2.05) is 45.9 Å². The highest BCUT2D eigenvalue weighted by atomic mass is 16.5. The third kappa shape index (κ3) is 6.30. The first kappa shape index (κ1) is 21.3. The predicted molar refractivity (Wildman–Crippen MR) is 110 cm³/mol. The smallest absolute Gasteiger partial charge is 0.262 e. The maximum atomic E-state index is 12.2. The lowest BCUT2D eigenvalue weighted by Gasteiger charge is -2.18. The van der Waals surface area contributed by atoms with Crippen LogP contribution in [-0.2, 0) is 9.59 Å². The van der Waals surface area contributed by atoms with Crippen molar-refractivity contribution < 1.29 is 19.1 Å². The standard InChI is InChI=1S/C22H28N2O4/c1-5-24(6-2)22(26)15-27-19-9-7-8-18(13-19)23-21(25)14-28-20-12-16(3)10-11-17(20)4/h7-13H,5-6,14-15H2,1-4H3,(H,23,25). The summed E-state index contributed by atoms with van der Waals surface area (Å²) in [5.74, 6) is 0.884. The van der Waals surface area contributed by atoms with Gasteiger partial charge in [0.05, 0.1) is 0 Å². The average Bonchev–Trinajstić information content (AvgIpc) is 2.68. The van der Waals surface area contributed by atoms with Crippen molar-refractivity contribution in [3.05, 3.63) is 53.6 Å². The van der Waals surface area contributed by atoms with E-state index in [0.29, 0.717) is 30.3 Å². The molecule has 2 aromatic rings. The van der Waals surface area contributed by atoms with Crippen LogP contribution in [0, 0.1) is 13.8 Å². The second kappa shape index (κ2) is 10.3. The van der Waals surface area contributed by atoms with E-state index in [0.717, 1.165) is 11.1 Å². The van der Waals surface area contributed by atoms with Crippen LogP contribution in [0.5, 0.6) is 11.5 Å². The molecular formula is C22H28N2O4. The monoisotopic (exact) mass is 384 g/mol. The van der Waals surface area contributed by atoms with Gasteiger partial charge in [-0.3, -0.25) is 9.59 Å². The zero-order valence-corrected chi connectivity index (χ0v) is 17.0. The van der Waals surface area contributed by atoms with Crippen molar-refractivity contribution in [2.24, 2.45) is 0 Å². The van der Waals surface area contributed by atoms with Crippen molar-refractivity contribution in [1.29, 1.82) is 0 Å². The Balaban J connectivity index is 1.88. The molecule has 0 aliphatic rings. The molecule has 2 rings (SSSR count). The molecular weight excluding hydrogens is 356 g/mol. The minimum atomic E-state index is -0.266. The zero-order valence-electron chi connectivity index (χ0n) is 17.0. The normalized spacial score (nSPS) is 10.3. The fourth-order valence-corrected chi connectivity index (χ4v) is 2.68. The Hall–Kier alpha value is -3.02. The van der Waals surface area contributed by atoms with Crippen LogP contribution in [-0.4, -0.2) is 43.0 Å². The van der Waals surface area contributed by atoms with Gasteiger partial charge in [-0.15, -0.1) is 0 Å². The number of anilines is 1. The largest absolute Gasteiger partial charge is 0.484 e. The molecule has 1 N–H and O–H groups in total. The Morgan fingerprint density at radius 1 is 0.964 bits per heavy atom. The van der Waals surface area contributed by atoms with E-state index in [4.69, 9.17) is 9.47 Å². The molecule has 0 unspecified atom stereocenters. The minimum Gasteiger partial charge on any atom is -0.484 e. The lowest BCUT2D eigenvalue weighted by Crippen LogP contribution is -2.34. The first-order chi connectivity index (χ1) is 13.4. The molecule has 28 heavy (non-hydrogen) atoms. The number of hydrogen-bond acceptors (Lipinski definition) is 4. The van der Waals surface area contributed by atoms with Crippen LogP contribution in [0.2, 0.25) is 0 Å². The van der Waals surface area contributed by atoms with Crippen molar-refractivity contribution in [1.82, 2.24) is 4.90 Å². The third-order valence-electron chi connectivity index (χ3n) is 4.30. The molecule has 6 heteroatoms. The predicted octanol–water partition coefficient (Wildman–Crippen LogP) is 3.57. The first-order valence-electron chi connectivity index (χ1n) is 9.43. The van der Waals surface area contributed by atoms with Gasteiger partial charge in [-0.25, -0.2) is 0 Å². The number of ether oxygens (including phenoxy) is 2. The summed E-state index contributed by atoms with van der Waals surface area (Å²) in [5.41, 5.74) is 2.64. The van der Waals surface area contributed by atoms with Crippen LogP contribution in [0.25, 0.3) is 0 Å². The SMILES string of the molecule is CCN(CC)C(=O)COc1cccc(NC(=O)COc2cc(C)ccc2C)c1. The van der Waals surface area contributed by atoms with Gasteiger partial charge in [0.15, 0.2) is 13.2 Å². The highest BCUT2D eigenvalue weighted by molar-refractivity contribution is 5.92. The van der Waals surface area contributed by atoms with E-state index in [1.165, 1.54) is 0 Å². The topological polar surface area (TPSA) is 67.9 Å². The molecule has 0 radical (unpaired) electrons. The first-order valence-corrected chi connectivity index (χ1v) is 9.43. The molecule has 0 spiro atoms. The molecule has 0 fully saturated rings. The molecule has 150 valence electrons. The van der Waals surface area contributed by atoms with E-state index < -0.39 is 0 Å². The molecule has 0 aromatic heterocycles. The Labute approximate surface area is 166 Å². The van der Waals surface area contributed by atoms with Crippen molar-refractivity contribution in [2.45, 2.75) is 27.7 Å². The number of carbonyl (C=O) groups excluding carboxylic acids is 2. The number of hydrogen-bond donors (Lipinski definition) is 1. The summed E-state index contributed by atoms with van der Waals surface area (Å²) in [7, 11) is 0. The van der Waals surface area contributed by atoms with Crippen LogP contribution >= 0.6 is 0 Å². The fraction of sp³-hybridized carbons (Fsp3) is 0.364. The molecule has 6 nitrogen and oxygen atoms in total. The maximum absolute atomic E-state index is 12.2. The van der Waals surface area contributed by atoms with Gasteiger partial charge >= 0.3 is 0 Å². The number of carbonyl (C=O) groups is 2. The highest BCUT2D eigenvalue weighted by Crippen LogP contribution is 2.20. The van der Waals surface area contributed by atoms with Crippen LogP contribution in [0.1, 0.15) is 25.0 Å². The zero-order chi connectivity index (χ0) is 20.5. The van der Waals surface area contributed by atoms with E-state index in [-0.39, 0.29) is 25.0 Å². The molecule has 2 amide bonds. The van der Waals surface area contributed by atoms with Crippen molar-refractivity contribution in [3.63, 3.8) is 0 Å². The Morgan fingerprint density at radius 3 is 2.43 bits per heavy atom. The summed E-state index contributed by atoms with van der Waals surface area (Å²) < 4.78 is 11.2. The van der Waals surface area contributed by atoms with Crippen LogP contribution in [0.15, 0.2) is 42.5 Å². The molecule has 0 saturated heterocycles. The van der Waals surface area contributed by atoms with Crippen LogP contribution in [0.4, 0.5) is 5.69 Å². The number of likely N-dealkylation sites (N-methyl/N-ethyl adjacent to an activating group) is 1. The van der Waals surface area contributed by atoms with Gasteiger partial charge in [0.25, 0.3) is 11.8 Å². The lowest BCUT2D eigenvalue weighted by molar-refractivity contribution is -0.133. The number of amides is 2. The van der Waals surface area contributed by atoms with Crippen LogP contribution < -0.4 is 14.8 Å². The van der Waals surface area contributed by atoms with E-state index >= 15 is 0 Å². The third-order valence-corrected chi connectivity index (χ3v) is 4.30. The number of benzene rings is 2. The second-order valence-corrected chi connectivity index (χ2v) is 6.49. The maximum Gasteiger partial charge on any atom is 0.262 e. The van der Waals surface area contributed by atoms with E-state index in [1.54, 1.807) is 29.2 Å². The molecule has 0 heterocycles. The summed E-state index contributed by atoms with van der Waals surface area (Å²) in [6.07, 6.45) is 0. The van der Waals surface area contributed by atoms with E-state index in [2.05, 4.69) is 5.32 Å². The molecule has 0 aliphatic carbocycles. The van der Waals surface area contributed by atoms with Gasteiger partial charge in [-0.1, -0.05) is 18.2 Å². The second-order valence-electron chi connectivity index (χ2n) is 6.49. The van der Waals surface area contributed by atoms with Crippen molar-refractivity contribution >= 4 is 17.5 Å². The quantitative estimate of drug-likeness (QED) is 0.718. The van der Waals surface area contributed by atoms with Gasteiger partial charge < -0.3 is 19.7 Å². The molecule has 2 aromatic carbocycles. The fourth-order valence-electron chi connectivity index (χ4n) is 2.68. The summed E-state index contributed by atoms with van der Waals surface area (Å²) in [4.78, 5) is 25.9. The highest BCUT2D eigenvalue weighted by Gasteiger charge is 2.11. The summed E-state index contributed by atoms with van der Waals surface area (Å²) in [5, 5.41) is 2.78. The average molecular weight is 384 g/mol.